The Hall–Kier alpha value is -4.25. The first-order valence-electron chi connectivity index (χ1n) is 13.3. The number of aromatic hydroxyl groups is 1. The van der Waals surface area contributed by atoms with E-state index >= 15 is 0 Å². The van der Waals surface area contributed by atoms with Crippen LogP contribution in [0.4, 0.5) is 23.2 Å². The van der Waals surface area contributed by atoms with Gasteiger partial charge in [0.1, 0.15) is 16.1 Å². The fraction of sp³-hybridized carbons (Fsp3) is 0.226. The zero-order chi connectivity index (χ0) is 29.6. The first kappa shape index (κ1) is 27.9. The second-order valence-corrected chi connectivity index (χ2v) is 11.2. The molecule has 0 amide bonds. The third-order valence-corrected chi connectivity index (χ3v) is 8.44. The Morgan fingerprint density at radius 1 is 0.929 bits per heavy atom. The van der Waals surface area contributed by atoms with Crippen molar-refractivity contribution in [2.75, 3.05) is 18.0 Å². The number of alkyl halides is 3. The second-order valence-electron chi connectivity index (χ2n) is 10.2. The first-order valence-corrected chi connectivity index (χ1v) is 14.1. The van der Waals surface area contributed by atoms with Crippen LogP contribution in [0.15, 0.2) is 90.5 Å². The summed E-state index contributed by atoms with van der Waals surface area (Å²) in [4.78, 5) is 28.9. The lowest BCUT2D eigenvalue weighted by atomic mass is 10.1. The molecule has 3 heterocycles. The van der Waals surface area contributed by atoms with E-state index in [0.717, 1.165) is 50.2 Å². The van der Waals surface area contributed by atoms with Gasteiger partial charge in [0.2, 0.25) is 0 Å². The molecular formula is C31H24F4N2O4S. The van der Waals surface area contributed by atoms with Crippen molar-refractivity contribution in [2.24, 2.45) is 0 Å². The van der Waals surface area contributed by atoms with Crippen LogP contribution >= 0.6 is 11.8 Å². The Balaban J connectivity index is 1.57. The van der Waals surface area contributed by atoms with E-state index in [9.17, 15) is 32.3 Å². The van der Waals surface area contributed by atoms with Crippen LogP contribution in [0.25, 0.3) is 21.9 Å². The van der Waals surface area contributed by atoms with E-state index < -0.39 is 39.4 Å². The van der Waals surface area contributed by atoms with E-state index in [0.29, 0.717) is 28.2 Å². The lowest BCUT2D eigenvalue weighted by Crippen LogP contribution is -2.29. The van der Waals surface area contributed by atoms with Gasteiger partial charge in [-0.15, -0.1) is 0 Å². The molecule has 6 nitrogen and oxygen atoms in total. The highest BCUT2D eigenvalue weighted by Crippen LogP contribution is 2.40. The van der Waals surface area contributed by atoms with Crippen LogP contribution in [0.5, 0.6) is 5.75 Å². The van der Waals surface area contributed by atoms with Crippen LogP contribution in [0.2, 0.25) is 0 Å². The topological polar surface area (TPSA) is 75.7 Å². The molecule has 1 saturated heterocycles. The quantitative estimate of drug-likeness (QED) is 0.171. The average Bonchev–Trinajstić information content (AvgIpc) is 2.98. The highest BCUT2D eigenvalue weighted by molar-refractivity contribution is 7.99. The van der Waals surface area contributed by atoms with Crippen molar-refractivity contribution in [1.82, 2.24) is 4.57 Å². The number of benzene rings is 3. The number of piperidine rings is 1. The average molecular weight is 597 g/mol. The minimum absolute atomic E-state index is 0.0310. The van der Waals surface area contributed by atoms with Gasteiger partial charge >= 0.3 is 11.8 Å². The summed E-state index contributed by atoms with van der Waals surface area (Å²) < 4.78 is 60.5. The summed E-state index contributed by atoms with van der Waals surface area (Å²) in [6.07, 6.45) is -1.44. The van der Waals surface area contributed by atoms with Crippen molar-refractivity contribution < 1.29 is 27.1 Å². The van der Waals surface area contributed by atoms with E-state index in [-0.39, 0.29) is 22.4 Å². The fourth-order valence-electron chi connectivity index (χ4n) is 5.30. The Bertz CT molecular complexity index is 1930. The molecule has 5 aromatic rings. The summed E-state index contributed by atoms with van der Waals surface area (Å²) in [5.41, 5.74) is -0.759. The van der Waals surface area contributed by atoms with Crippen molar-refractivity contribution in [2.45, 2.75) is 41.8 Å². The van der Waals surface area contributed by atoms with Crippen molar-refractivity contribution in [3.63, 3.8) is 0 Å². The molecule has 216 valence electrons. The highest BCUT2D eigenvalue weighted by atomic mass is 32.2. The molecule has 0 radical (unpaired) electrons. The Morgan fingerprint density at radius 2 is 1.67 bits per heavy atom. The lowest BCUT2D eigenvalue weighted by Gasteiger charge is -2.29. The smallest absolute Gasteiger partial charge is 0.416 e. The zero-order valence-electron chi connectivity index (χ0n) is 22.1. The summed E-state index contributed by atoms with van der Waals surface area (Å²) in [7, 11) is 0. The van der Waals surface area contributed by atoms with E-state index in [4.69, 9.17) is 4.42 Å². The number of halogens is 4. The standard InChI is InChI=1S/C31H24F4N2O4S/c32-20-9-7-18(8-10-20)17-37-24-12-11-21(36-13-2-1-3-14-36)16-23(24)27-25(29(37)39)26(38)28(30(40)41-27)42-22-6-4-5-19(15-22)31(33,34)35/h4-12,15-16,38H,1-3,13-14,17H2. The van der Waals surface area contributed by atoms with Gasteiger partial charge in [-0.05, 0) is 73.4 Å². The summed E-state index contributed by atoms with van der Waals surface area (Å²) in [6, 6.07) is 15.4. The van der Waals surface area contributed by atoms with Gasteiger partial charge in [0.05, 0.1) is 17.6 Å². The van der Waals surface area contributed by atoms with Gasteiger partial charge < -0.3 is 19.0 Å². The molecular weight excluding hydrogens is 572 g/mol. The van der Waals surface area contributed by atoms with Gasteiger partial charge in [0.25, 0.3) is 5.56 Å². The molecule has 2 aromatic heterocycles. The number of hydrogen-bond acceptors (Lipinski definition) is 6. The number of nitrogens with zero attached hydrogens (tertiary/aromatic N) is 2. The molecule has 0 atom stereocenters. The van der Waals surface area contributed by atoms with Crippen LogP contribution < -0.4 is 16.1 Å². The Kier molecular flexibility index (Phi) is 7.22. The molecule has 11 heteroatoms. The number of rotatable bonds is 5. The summed E-state index contributed by atoms with van der Waals surface area (Å²) in [5, 5.41) is 11.5. The van der Waals surface area contributed by atoms with E-state index in [1.165, 1.54) is 28.8 Å². The second kappa shape index (κ2) is 10.9. The maximum Gasteiger partial charge on any atom is 0.416 e. The van der Waals surface area contributed by atoms with Gasteiger partial charge in [-0.3, -0.25) is 4.79 Å². The number of pyridine rings is 1. The Labute approximate surface area is 240 Å². The summed E-state index contributed by atoms with van der Waals surface area (Å²) >= 11 is 0.583. The van der Waals surface area contributed by atoms with Crippen molar-refractivity contribution in [3.8, 4) is 5.75 Å². The number of fused-ring (bicyclic) bond motifs is 3. The minimum Gasteiger partial charge on any atom is -0.505 e. The van der Waals surface area contributed by atoms with Gasteiger partial charge in [-0.25, -0.2) is 9.18 Å². The van der Waals surface area contributed by atoms with Gasteiger partial charge in [0.15, 0.2) is 11.3 Å². The van der Waals surface area contributed by atoms with E-state index in [2.05, 4.69) is 4.90 Å². The molecule has 0 spiro atoms. The van der Waals surface area contributed by atoms with Gasteiger partial charge in [-0.1, -0.05) is 30.0 Å². The summed E-state index contributed by atoms with van der Waals surface area (Å²) in [5.74, 6) is -1.11. The van der Waals surface area contributed by atoms with Crippen LogP contribution in [-0.4, -0.2) is 22.8 Å². The number of aromatic nitrogens is 1. The number of hydrogen-bond donors (Lipinski definition) is 1. The van der Waals surface area contributed by atoms with Crippen molar-refractivity contribution in [1.29, 1.82) is 0 Å². The van der Waals surface area contributed by atoms with Gasteiger partial charge in [-0.2, -0.15) is 13.2 Å². The highest BCUT2D eigenvalue weighted by Gasteiger charge is 2.31. The molecule has 42 heavy (non-hydrogen) atoms. The molecule has 1 aliphatic heterocycles. The third kappa shape index (κ3) is 5.24. The Morgan fingerprint density at radius 3 is 2.38 bits per heavy atom. The molecule has 6 rings (SSSR count). The largest absolute Gasteiger partial charge is 0.505 e. The van der Waals surface area contributed by atoms with E-state index in [1.807, 2.05) is 12.1 Å². The molecule has 1 N–H and O–H groups in total. The molecule has 0 bridgehead atoms. The summed E-state index contributed by atoms with van der Waals surface area (Å²) in [6.45, 7) is 1.71. The molecule has 0 saturated carbocycles. The molecule has 1 aliphatic rings. The van der Waals surface area contributed by atoms with Gasteiger partial charge in [0, 0.05) is 29.1 Å². The van der Waals surface area contributed by atoms with Crippen molar-refractivity contribution >= 4 is 39.3 Å². The third-order valence-electron chi connectivity index (χ3n) is 7.39. The van der Waals surface area contributed by atoms with Crippen LogP contribution in [0.3, 0.4) is 0 Å². The normalized spacial score (nSPS) is 14.1. The zero-order valence-corrected chi connectivity index (χ0v) is 22.9. The van der Waals surface area contributed by atoms with Crippen LogP contribution in [0, 0.1) is 5.82 Å². The number of anilines is 1. The predicted octanol–water partition coefficient (Wildman–Crippen LogP) is 7.16. The molecule has 0 aliphatic carbocycles. The monoisotopic (exact) mass is 596 g/mol. The molecule has 0 unspecified atom stereocenters. The fourth-order valence-corrected chi connectivity index (χ4v) is 6.20. The first-order chi connectivity index (χ1) is 20.1. The maximum atomic E-state index is 13.9. The van der Waals surface area contributed by atoms with Crippen molar-refractivity contribution in [3.05, 3.63) is 104 Å². The molecule has 3 aromatic carbocycles. The van der Waals surface area contributed by atoms with Crippen LogP contribution in [0.1, 0.15) is 30.4 Å². The minimum atomic E-state index is -4.61. The molecule has 1 fully saturated rings. The maximum absolute atomic E-state index is 13.9. The lowest BCUT2D eigenvalue weighted by molar-refractivity contribution is -0.137. The SMILES string of the molecule is O=c1oc2c(c(O)c1Sc1cccc(C(F)(F)F)c1)c(=O)n(Cc1ccc(F)cc1)c1ccc(N3CCCCC3)cc21. The predicted molar refractivity (Wildman–Crippen MR) is 153 cm³/mol. The van der Waals surface area contributed by atoms with Crippen LogP contribution in [-0.2, 0) is 12.7 Å². The van der Waals surface area contributed by atoms with E-state index in [1.54, 1.807) is 18.2 Å².